The third-order valence-electron chi connectivity index (χ3n) is 4.22. The molecule has 1 N–H and O–H groups in total. The molecule has 5 heteroatoms. The largest absolute Gasteiger partial charge is 0.487 e. The smallest absolute Gasteiger partial charge is 0.304 e. The van der Waals surface area contributed by atoms with Gasteiger partial charge in [-0.1, -0.05) is 47.9 Å². The van der Waals surface area contributed by atoms with E-state index in [0.29, 0.717) is 12.4 Å². The molecule has 0 aliphatic heterocycles. The minimum atomic E-state index is -0.860. The zero-order valence-corrected chi connectivity index (χ0v) is 16.6. The van der Waals surface area contributed by atoms with Crippen LogP contribution in [0.1, 0.15) is 36.1 Å². The first-order chi connectivity index (χ1) is 13.5. The van der Waals surface area contributed by atoms with Crippen molar-refractivity contribution in [1.82, 2.24) is 4.98 Å². The molecule has 3 rings (SSSR count). The molecule has 0 radical (unpaired) electrons. The highest BCUT2D eigenvalue weighted by Gasteiger charge is 2.13. The molecule has 0 aliphatic rings. The Morgan fingerprint density at radius 2 is 1.89 bits per heavy atom. The van der Waals surface area contributed by atoms with Crippen LogP contribution in [-0.4, -0.2) is 16.1 Å². The normalized spacial score (nSPS) is 11.4. The number of aliphatic carboxylic acids is 1. The highest BCUT2D eigenvalue weighted by molar-refractivity contribution is 7.13. The van der Waals surface area contributed by atoms with Gasteiger partial charge in [0.15, 0.2) is 0 Å². The number of carboxylic acids is 1. The SMILES string of the molecule is CC#CC(CC(=O)O)c1ccc(OCc2csc(-c3ccc(C)cc3)n2)cc1. The second-order valence-electron chi connectivity index (χ2n) is 6.41. The van der Waals surface area contributed by atoms with Crippen molar-refractivity contribution in [2.45, 2.75) is 32.8 Å². The molecule has 0 saturated heterocycles. The van der Waals surface area contributed by atoms with Crippen LogP contribution in [0.2, 0.25) is 0 Å². The lowest BCUT2D eigenvalue weighted by atomic mass is 9.96. The summed E-state index contributed by atoms with van der Waals surface area (Å²) in [5.74, 6) is 5.29. The zero-order valence-electron chi connectivity index (χ0n) is 15.8. The van der Waals surface area contributed by atoms with Crippen molar-refractivity contribution in [3.8, 4) is 28.2 Å². The van der Waals surface area contributed by atoms with E-state index in [1.807, 2.05) is 29.6 Å². The summed E-state index contributed by atoms with van der Waals surface area (Å²) in [6.07, 6.45) is -0.0122. The van der Waals surface area contributed by atoms with Crippen LogP contribution in [0.3, 0.4) is 0 Å². The molecule has 4 nitrogen and oxygen atoms in total. The molecule has 1 unspecified atom stereocenters. The van der Waals surface area contributed by atoms with Crippen molar-refractivity contribution in [3.05, 3.63) is 70.7 Å². The molecular weight excluding hydrogens is 370 g/mol. The van der Waals surface area contributed by atoms with Gasteiger partial charge in [0.05, 0.1) is 18.0 Å². The summed E-state index contributed by atoms with van der Waals surface area (Å²) < 4.78 is 5.83. The number of thiazole rings is 1. The lowest BCUT2D eigenvalue weighted by Crippen LogP contribution is -2.04. The Balaban J connectivity index is 1.62. The van der Waals surface area contributed by atoms with E-state index in [2.05, 4.69) is 48.0 Å². The molecule has 3 aromatic rings. The van der Waals surface area contributed by atoms with Crippen LogP contribution in [0, 0.1) is 18.8 Å². The number of aryl methyl sites for hydroxylation is 1. The van der Waals surface area contributed by atoms with Crippen LogP contribution in [0.25, 0.3) is 10.6 Å². The minimum absolute atomic E-state index is 0.0122. The predicted molar refractivity (Wildman–Crippen MR) is 112 cm³/mol. The second-order valence-corrected chi connectivity index (χ2v) is 7.27. The minimum Gasteiger partial charge on any atom is -0.487 e. The van der Waals surface area contributed by atoms with Crippen LogP contribution < -0.4 is 4.74 Å². The molecular formula is C23H21NO3S. The lowest BCUT2D eigenvalue weighted by molar-refractivity contribution is -0.137. The fourth-order valence-electron chi connectivity index (χ4n) is 2.76. The first kappa shape index (κ1) is 19.7. The Morgan fingerprint density at radius 3 is 2.54 bits per heavy atom. The summed E-state index contributed by atoms with van der Waals surface area (Å²) in [4.78, 5) is 15.6. The van der Waals surface area contributed by atoms with Crippen LogP contribution in [-0.2, 0) is 11.4 Å². The Bertz CT molecular complexity index is 995. The number of benzene rings is 2. The zero-order chi connectivity index (χ0) is 19.9. The van der Waals surface area contributed by atoms with E-state index in [9.17, 15) is 4.79 Å². The fourth-order valence-corrected chi connectivity index (χ4v) is 3.57. The number of rotatable bonds is 7. The standard InChI is InChI=1S/C23H21NO3S/c1-3-4-19(13-22(25)26)17-9-11-21(12-10-17)27-14-20-15-28-23(24-20)18-7-5-16(2)6-8-18/h5-12,15,19H,13-14H2,1-2H3,(H,25,26). The van der Waals surface area contributed by atoms with Crippen LogP contribution in [0.4, 0.5) is 0 Å². The van der Waals surface area contributed by atoms with Gasteiger partial charge in [-0.05, 0) is 31.5 Å². The summed E-state index contributed by atoms with van der Waals surface area (Å²) in [6, 6.07) is 15.7. The summed E-state index contributed by atoms with van der Waals surface area (Å²) in [5, 5.41) is 12.0. The predicted octanol–water partition coefficient (Wildman–Crippen LogP) is 5.28. The summed E-state index contributed by atoms with van der Waals surface area (Å²) in [6.45, 7) is 4.16. The molecule has 0 bridgehead atoms. The summed E-state index contributed by atoms with van der Waals surface area (Å²) in [5.41, 5.74) is 4.08. The number of aromatic nitrogens is 1. The van der Waals surface area contributed by atoms with Crippen molar-refractivity contribution in [2.75, 3.05) is 0 Å². The lowest BCUT2D eigenvalue weighted by Gasteiger charge is -2.10. The average molecular weight is 391 g/mol. The average Bonchev–Trinajstić information content (AvgIpc) is 3.16. The fraction of sp³-hybridized carbons (Fsp3) is 0.217. The molecule has 2 aromatic carbocycles. The maximum atomic E-state index is 11.0. The van der Waals surface area contributed by atoms with Crippen molar-refractivity contribution in [3.63, 3.8) is 0 Å². The number of hydrogen-bond acceptors (Lipinski definition) is 4. The van der Waals surface area contributed by atoms with Gasteiger partial charge in [0.1, 0.15) is 17.4 Å². The highest BCUT2D eigenvalue weighted by atomic mass is 32.1. The van der Waals surface area contributed by atoms with Gasteiger partial charge in [-0.25, -0.2) is 4.98 Å². The number of nitrogens with zero attached hydrogens (tertiary/aromatic N) is 1. The Hall–Kier alpha value is -3.10. The van der Waals surface area contributed by atoms with Gasteiger partial charge in [-0.3, -0.25) is 4.79 Å². The molecule has 1 heterocycles. The van der Waals surface area contributed by atoms with Crippen molar-refractivity contribution >= 4 is 17.3 Å². The van der Waals surface area contributed by atoms with Gasteiger partial charge >= 0.3 is 5.97 Å². The van der Waals surface area contributed by atoms with Gasteiger partial charge in [-0.15, -0.1) is 17.3 Å². The van der Waals surface area contributed by atoms with Gasteiger partial charge in [0.2, 0.25) is 0 Å². The summed E-state index contributed by atoms with van der Waals surface area (Å²) in [7, 11) is 0. The molecule has 28 heavy (non-hydrogen) atoms. The van der Waals surface area contributed by atoms with Crippen molar-refractivity contribution in [1.29, 1.82) is 0 Å². The molecule has 0 saturated carbocycles. The first-order valence-corrected chi connectivity index (χ1v) is 9.81. The highest BCUT2D eigenvalue weighted by Crippen LogP contribution is 2.26. The van der Waals surface area contributed by atoms with Gasteiger partial charge in [0.25, 0.3) is 0 Å². The third-order valence-corrected chi connectivity index (χ3v) is 5.16. The number of carboxylic acid groups (broad SMARTS) is 1. The van der Waals surface area contributed by atoms with E-state index in [0.717, 1.165) is 21.8 Å². The van der Waals surface area contributed by atoms with E-state index in [1.165, 1.54) is 5.56 Å². The maximum absolute atomic E-state index is 11.0. The van der Waals surface area contributed by atoms with E-state index < -0.39 is 5.97 Å². The molecule has 1 atom stereocenters. The van der Waals surface area contributed by atoms with E-state index in [1.54, 1.807) is 18.3 Å². The van der Waals surface area contributed by atoms with Gasteiger partial charge < -0.3 is 9.84 Å². The number of carbonyl (C=O) groups is 1. The summed E-state index contributed by atoms with van der Waals surface area (Å²) >= 11 is 1.60. The van der Waals surface area contributed by atoms with Crippen molar-refractivity contribution < 1.29 is 14.6 Å². The maximum Gasteiger partial charge on any atom is 0.304 e. The molecule has 0 aliphatic carbocycles. The van der Waals surface area contributed by atoms with E-state index in [4.69, 9.17) is 9.84 Å². The van der Waals surface area contributed by atoms with E-state index in [-0.39, 0.29) is 12.3 Å². The van der Waals surface area contributed by atoms with Crippen LogP contribution in [0.15, 0.2) is 53.9 Å². The second kappa shape index (κ2) is 9.20. The molecule has 1 aromatic heterocycles. The number of ether oxygens (including phenoxy) is 1. The van der Waals surface area contributed by atoms with Crippen LogP contribution >= 0.6 is 11.3 Å². The number of hydrogen-bond donors (Lipinski definition) is 1. The van der Waals surface area contributed by atoms with E-state index >= 15 is 0 Å². The van der Waals surface area contributed by atoms with Crippen LogP contribution in [0.5, 0.6) is 5.75 Å². The Kier molecular flexibility index (Phi) is 6.46. The molecule has 0 fully saturated rings. The molecule has 142 valence electrons. The topological polar surface area (TPSA) is 59.4 Å². The van der Waals surface area contributed by atoms with Gasteiger partial charge in [0, 0.05) is 10.9 Å². The first-order valence-electron chi connectivity index (χ1n) is 8.93. The Labute approximate surface area is 168 Å². The molecule has 0 amide bonds. The Morgan fingerprint density at radius 1 is 1.18 bits per heavy atom. The monoisotopic (exact) mass is 391 g/mol. The van der Waals surface area contributed by atoms with Crippen molar-refractivity contribution in [2.24, 2.45) is 0 Å². The van der Waals surface area contributed by atoms with Gasteiger partial charge in [-0.2, -0.15) is 0 Å². The molecule has 0 spiro atoms. The quantitative estimate of drug-likeness (QED) is 0.557. The third kappa shape index (κ3) is 5.21.